The molecule has 4 aliphatic rings. The maximum Gasteiger partial charge on any atom is 0.302 e. The molecule has 0 aliphatic heterocycles. The third kappa shape index (κ3) is 4.40. The van der Waals surface area contributed by atoms with Crippen molar-refractivity contribution >= 4 is 5.97 Å². The fourth-order valence-electron chi connectivity index (χ4n) is 7.92. The SMILES string of the molecule is CC(=O)O[C@H]1CC[C@@]2(C)C(=CC=C3[C@@H]4CC[C@H]([C@H](C)C=C[C@H](C)C(C)(C)O)[C@@]4(C)CC[C@@H]32)C1. The van der Waals surface area contributed by atoms with Gasteiger partial charge in [-0.05, 0) is 86.9 Å². The average molecular weight is 455 g/mol. The van der Waals surface area contributed by atoms with Gasteiger partial charge in [0.05, 0.1) is 5.60 Å². The van der Waals surface area contributed by atoms with Gasteiger partial charge in [-0.3, -0.25) is 4.79 Å². The lowest BCUT2D eigenvalue weighted by Gasteiger charge is -2.55. The lowest BCUT2D eigenvalue weighted by atomic mass is 9.50. The third-order valence-corrected chi connectivity index (χ3v) is 10.4. The Morgan fingerprint density at radius 1 is 1.09 bits per heavy atom. The predicted octanol–water partition coefficient (Wildman–Crippen LogP) is 7.02. The summed E-state index contributed by atoms with van der Waals surface area (Å²) in [6, 6.07) is 0. The first-order valence-corrected chi connectivity index (χ1v) is 13.4. The van der Waals surface area contributed by atoms with E-state index in [1.165, 1.54) is 38.2 Å². The van der Waals surface area contributed by atoms with Crippen LogP contribution in [0.3, 0.4) is 0 Å². The zero-order valence-corrected chi connectivity index (χ0v) is 22.0. The Kier molecular flexibility index (Phi) is 6.53. The zero-order valence-electron chi connectivity index (χ0n) is 22.0. The molecule has 4 rings (SSSR count). The summed E-state index contributed by atoms with van der Waals surface area (Å²) < 4.78 is 5.59. The van der Waals surface area contributed by atoms with Gasteiger partial charge < -0.3 is 9.84 Å². The maximum atomic E-state index is 11.5. The smallest absolute Gasteiger partial charge is 0.302 e. The summed E-state index contributed by atoms with van der Waals surface area (Å²) in [7, 11) is 0. The minimum absolute atomic E-state index is 0.0559. The van der Waals surface area contributed by atoms with Gasteiger partial charge in [0.15, 0.2) is 0 Å². The molecule has 4 aliphatic carbocycles. The zero-order chi connectivity index (χ0) is 24.2. The molecule has 0 aromatic heterocycles. The molecule has 0 aromatic carbocycles. The second kappa shape index (κ2) is 8.70. The number of ether oxygens (including phenoxy) is 1. The molecule has 3 nitrogen and oxygen atoms in total. The van der Waals surface area contributed by atoms with Crippen molar-refractivity contribution in [1.82, 2.24) is 0 Å². The fourth-order valence-corrected chi connectivity index (χ4v) is 7.92. The molecule has 184 valence electrons. The highest BCUT2D eigenvalue weighted by Crippen LogP contribution is 2.66. The van der Waals surface area contributed by atoms with E-state index in [0.29, 0.717) is 29.1 Å². The van der Waals surface area contributed by atoms with Crippen LogP contribution in [0.5, 0.6) is 0 Å². The Balaban J connectivity index is 1.54. The molecule has 0 radical (unpaired) electrons. The van der Waals surface area contributed by atoms with E-state index in [1.807, 2.05) is 13.8 Å². The van der Waals surface area contributed by atoms with Crippen LogP contribution in [-0.4, -0.2) is 22.8 Å². The van der Waals surface area contributed by atoms with Crippen LogP contribution in [0.15, 0.2) is 35.5 Å². The number of allylic oxidation sites excluding steroid dienone is 4. The molecule has 33 heavy (non-hydrogen) atoms. The van der Waals surface area contributed by atoms with Gasteiger partial charge in [0.1, 0.15) is 6.10 Å². The lowest BCUT2D eigenvalue weighted by molar-refractivity contribution is -0.148. The van der Waals surface area contributed by atoms with E-state index >= 15 is 0 Å². The van der Waals surface area contributed by atoms with Gasteiger partial charge in [0.25, 0.3) is 0 Å². The molecular weight excluding hydrogens is 408 g/mol. The quantitative estimate of drug-likeness (QED) is 0.359. The van der Waals surface area contributed by atoms with Crippen LogP contribution in [0.25, 0.3) is 0 Å². The molecule has 1 N–H and O–H groups in total. The summed E-state index contributed by atoms with van der Waals surface area (Å²) in [6.07, 6.45) is 17.8. The predicted molar refractivity (Wildman–Crippen MR) is 134 cm³/mol. The molecule has 3 fully saturated rings. The number of fused-ring (bicyclic) bond motifs is 5. The van der Waals surface area contributed by atoms with Crippen molar-refractivity contribution in [2.24, 2.45) is 40.4 Å². The van der Waals surface area contributed by atoms with Gasteiger partial charge in [-0.15, -0.1) is 0 Å². The minimum atomic E-state index is -0.669. The van der Waals surface area contributed by atoms with Crippen molar-refractivity contribution in [3.05, 3.63) is 35.5 Å². The van der Waals surface area contributed by atoms with Crippen molar-refractivity contribution < 1.29 is 14.6 Å². The first kappa shape index (κ1) is 24.8. The van der Waals surface area contributed by atoms with Crippen molar-refractivity contribution in [2.45, 2.75) is 105 Å². The number of rotatable bonds is 5. The third-order valence-electron chi connectivity index (χ3n) is 10.4. The van der Waals surface area contributed by atoms with E-state index in [-0.39, 0.29) is 23.4 Å². The van der Waals surface area contributed by atoms with Gasteiger partial charge in [0, 0.05) is 19.3 Å². The monoisotopic (exact) mass is 454 g/mol. The second-order valence-corrected chi connectivity index (χ2v) is 12.8. The fraction of sp³-hybridized carbons (Fsp3) is 0.767. The molecule has 3 heteroatoms. The van der Waals surface area contributed by atoms with Gasteiger partial charge in [0.2, 0.25) is 0 Å². The second-order valence-electron chi connectivity index (χ2n) is 12.8. The lowest BCUT2D eigenvalue weighted by Crippen LogP contribution is -2.46. The van der Waals surface area contributed by atoms with Crippen LogP contribution < -0.4 is 0 Å². The number of esters is 1. The molecular formula is C30H46O3. The number of hydrogen-bond acceptors (Lipinski definition) is 3. The summed E-state index contributed by atoms with van der Waals surface area (Å²) in [5.41, 5.74) is 3.14. The summed E-state index contributed by atoms with van der Waals surface area (Å²) in [4.78, 5) is 11.5. The molecule has 0 unspecified atom stereocenters. The topological polar surface area (TPSA) is 46.5 Å². The minimum Gasteiger partial charge on any atom is -0.462 e. The number of carbonyl (C=O) groups excluding carboxylic acids is 1. The maximum absolute atomic E-state index is 11.5. The first-order chi connectivity index (χ1) is 15.4. The highest BCUT2D eigenvalue weighted by molar-refractivity contribution is 5.66. The van der Waals surface area contributed by atoms with Crippen molar-refractivity contribution in [3.8, 4) is 0 Å². The molecule has 0 heterocycles. The Bertz CT molecular complexity index is 858. The molecule has 8 atom stereocenters. The first-order valence-electron chi connectivity index (χ1n) is 13.4. The summed E-state index contributed by atoms with van der Waals surface area (Å²) in [5, 5.41) is 10.3. The molecule has 0 amide bonds. The summed E-state index contributed by atoms with van der Waals surface area (Å²) in [6.45, 7) is 14.9. The Labute approximate surface area is 201 Å². The number of aliphatic hydroxyl groups is 1. The van der Waals surface area contributed by atoms with E-state index < -0.39 is 5.60 Å². The standard InChI is InChI=1S/C30H46O3/c1-19(8-9-20(2)28(4,5)32)25-12-13-26-24-11-10-22-18-23(33-21(3)31)14-16-29(22,6)27(24)15-17-30(25,26)7/h8-11,19-20,23,25-27,32H,12-18H2,1-7H3/t19-,20+,23+,25-,26+,27+,29+,30-/m1/s1. The number of hydrogen-bond donors (Lipinski definition) is 1. The highest BCUT2D eigenvalue weighted by Gasteiger charge is 2.57. The van der Waals surface area contributed by atoms with E-state index in [4.69, 9.17) is 4.74 Å². The largest absolute Gasteiger partial charge is 0.462 e. The van der Waals surface area contributed by atoms with Crippen LogP contribution in [0.1, 0.15) is 93.4 Å². The molecule has 0 saturated heterocycles. The molecule has 0 aromatic rings. The number of carbonyl (C=O) groups is 1. The van der Waals surface area contributed by atoms with Gasteiger partial charge in [-0.25, -0.2) is 0 Å². The van der Waals surface area contributed by atoms with Crippen LogP contribution in [-0.2, 0) is 9.53 Å². The van der Waals surface area contributed by atoms with Crippen molar-refractivity contribution in [3.63, 3.8) is 0 Å². The summed E-state index contributed by atoms with van der Waals surface area (Å²) >= 11 is 0. The van der Waals surface area contributed by atoms with E-state index in [0.717, 1.165) is 19.3 Å². The van der Waals surface area contributed by atoms with Gasteiger partial charge >= 0.3 is 5.97 Å². The molecule has 0 bridgehead atoms. The van der Waals surface area contributed by atoms with Crippen molar-refractivity contribution in [1.29, 1.82) is 0 Å². The van der Waals surface area contributed by atoms with Crippen molar-refractivity contribution in [2.75, 3.05) is 0 Å². The average Bonchev–Trinajstić information content (AvgIpc) is 3.08. The van der Waals surface area contributed by atoms with Crippen LogP contribution in [0, 0.1) is 40.4 Å². The van der Waals surface area contributed by atoms with Gasteiger partial charge in [-0.2, -0.15) is 0 Å². The summed E-state index contributed by atoms with van der Waals surface area (Å²) in [5.74, 6) is 2.58. The van der Waals surface area contributed by atoms with E-state index in [2.05, 4.69) is 52.0 Å². The van der Waals surface area contributed by atoms with Crippen LogP contribution in [0.4, 0.5) is 0 Å². The Hall–Kier alpha value is -1.35. The normalized spacial score (nSPS) is 40.2. The Morgan fingerprint density at radius 2 is 1.82 bits per heavy atom. The highest BCUT2D eigenvalue weighted by atomic mass is 16.5. The van der Waals surface area contributed by atoms with Crippen LogP contribution in [0.2, 0.25) is 0 Å². The molecule has 0 spiro atoms. The molecule has 3 saturated carbocycles. The van der Waals surface area contributed by atoms with E-state index in [1.54, 1.807) is 5.57 Å². The van der Waals surface area contributed by atoms with Crippen LogP contribution >= 0.6 is 0 Å². The van der Waals surface area contributed by atoms with E-state index in [9.17, 15) is 9.90 Å². The van der Waals surface area contributed by atoms with Gasteiger partial charge in [-0.1, -0.05) is 63.1 Å². The Morgan fingerprint density at radius 3 is 2.48 bits per heavy atom.